The summed E-state index contributed by atoms with van der Waals surface area (Å²) in [6.07, 6.45) is 2.73. The zero-order valence-corrected chi connectivity index (χ0v) is 22.2. The Morgan fingerprint density at radius 1 is 0.833 bits per heavy atom. The first-order chi connectivity index (χ1) is 16.9. The minimum atomic E-state index is -0.457. The summed E-state index contributed by atoms with van der Waals surface area (Å²) in [6.45, 7) is 7.69. The number of hydroxylamine groups is 2. The van der Waals surface area contributed by atoms with Gasteiger partial charge in [-0.15, -0.1) is 0 Å². The van der Waals surface area contributed by atoms with Crippen LogP contribution in [0, 0.1) is 0 Å². The Hall–Kier alpha value is -2.80. The molecule has 0 aromatic rings. The predicted molar refractivity (Wildman–Crippen MR) is 130 cm³/mol. The summed E-state index contributed by atoms with van der Waals surface area (Å²) >= 11 is 2.23. The van der Waals surface area contributed by atoms with Crippen molar-refractivity contribution in [3.05, 3.63) is 11.0 Å². The van der Waals surface area contributed by atoms with Crippen LogP contribution in [-0.4, -0.2) is 68.4 Å². The molecule has 2 atom stereocenters. The topological polar surface area (TPSA) is 158 Å². The second kappa shape index (κ2) is 15.3. The number of ether oxygens (including phenoxy) is 1. The van der Waals surface area contributed by atoms with E-state index in [1.165, 1.54) is 11.8 Å². The largest absolute Gasteiger partial charge is 0.454 e. The summed E-state index contributed by atoms with van der Waals surface area (Å²) in [7, 11) is 0. The highest BCUT2D eigenvalue weighted by Crippen LogP contribution is 2.28. The number of carbonyl (C=O) groups is 8. The molecular weight excluding hydrogens is 514 g/mol. The van der Waals surface area contributed by atoms with Gasteiger partial charge in [-0.2, -0.15) is 5.06 Å². The first-order valence-corrected chi connectivity index (χ1v) is 13.0. The van der Waals surface area contributed by atoms with Crippen LogP contribution in [-0.2, 0) is 47.9 Å². The minimum absolute atomic E-state index is 0.0293. The summed E-state index contributed by atoms with van der Waals surface area (Å²) in [5.41, 5.74) is 0. The molecule has 0 N–H and O–H groups in total. The molecule has 198 valence electrons. The zero-order valence-electron chi connectivity index (χ0n) is 20.5. The Balaban J connectivity index is 0.000000240. The van der Waals surface area contributed by atoms with Crippen LogP contribution < -0.4 is 0 Å². The quantitative estimate of drug-likeness (QED) is 0.290. The summed E-state index contributed by atoms with van der Waals surface area (Å²) in [5, 5.41) is 1.03. The van der Waals surface area contributed by atoms with Gasteiger partial charge in [-0.1, -0.05) is 31.7 Å². The van der Waals surface area contributed by atoms with E-state index in [1.54, 1.807) is 19.9 Å². The minimum Gasteiger partial charge on any atom is -0.454 e. The van der Waals surface area contributed by atoms with Gasteiger partial charge in [0.25, 0.3) is 5.91 Å². The number of thioether (sulfide) groups is 2. The number of nitrogens with zero attached hydrogens (tertiary/aromatic N) is 1. The third-order valence-electron chi connectivity index (χ3n) is 4.78. The fraction of sp³-hybridized carbons (Fsp3) is 0.565. The number of allylic oxidation sites excluding steroid dienone is 2. The van der Waals surface area contributed by atoms with Gasteiger partial charge < -0.3 is 9.57 Å². The average molecular weight is 544 g/mol. The van der Waals surface area contributed by atoms with Gasteiger partial charge >= 0.3 is 11.9 Å². The van der Waals surface area contributed by atoms with Crippen molar-refractivity contribution in [2.75, 3.05) is 6.54 Å². The second-order valence-electron chi connectivity index (χ2n) is 7.52. The van der Waals surface area contributed by atoms with E-state index in [9.17, 15) is 38.4 Å². The summed E-state index contributed by atoms with van der Waals surface area (Å²) in [5.74, 6) is -1.10. The van der Waals surface area contributed by atoms with Crippen molar-refractivity contribution in [1.82, 2.24) is 5.06 Å². The molecule has 36 heavy (non-hydrogen) atoms. The lowest BCUT2D eigenvalue weighted by molar-refractivity contribution is -0.177. The van der Waals surface area contributed by atoms with Crippen molar-refractivity contribution in [2.24, 2.45) is 0 Å². The van der Waals surface area contributed by atoms with Crippen LogP contribution in [0.15, 0.2) is 11.0 Å². The number of rotatable bonds is 3. The highest BCUT2D eigenvalue weighted by Gasteiger charge is 2.31. The molecule has 4 aliphatic rings. The summed E-state index contributed by atoms with van der Waals surface area (Å²) in [6, 6.07) is 0. The third kappa shape index (κ3) is 10.1. The molecule has 0 saturated carbocycles. The number of hydrogen-bond acceptors (Lipinski definition) is 12. The smallest absolute Gasteiger partial charge is 0.341 e. The first-order valence-electron chi connectivity index (χ1n) is 11.3. The Bertz CT molecular complexity index is 873. The van der Waals surface area contributed by atoms with Gasteiger partial charge in [0.1, 0.15) is 12.8 Å². The number of hydrogen-bond donors (Lipinski definition) is 0. The standard InChI is InChI=1S/C6H8O3.C6H8O2S.C6H6O2S.C5H7NO3/c3*1-2-5-4(7)3-6(8)9-5;1-2-6-4(7)3-5(8)9-6/h2*5H,2-3H2,1H3;2H,3H2,1H3;2-3H2,1H3/b;;5-2-;. The monoisotopic (exact) mass is 543 g/mol. The van der Waals surface area contributed by atoms with Crippen LogP contribution in [0.25, 0.3) is 0 Å². The maximum absolute atomic E-state index is 10.8. The number of ketones is 3. The van der Waals surface area contributed by atoms with Crippen LogP contribution >= 0.6 is 23.5 Å². The molecule has 0 radical (unpaired) electrons. The summed E-state index contributed by atoms with van der Waals surface area (Å²) < 4.78 is 4.63. The molecule has 0 aromatic carbocycles. The van der Waals surface area contributed by atoms with Crippen LogP contribution in [0.4, 0.5) is 0 Å². The van der Waals surface area contributed by atoms with Crippen molar-refractivity contribution < 1.29 is 47.9 Å². The van der Waals surface area contributed by atoms with Gasteiger partial charge in [0.15, 0.2) is 28.6 Å². The molecule has 0 aromatic heterocycles. The molecule has 4 fully saturated rings. The van der Waals surface area contributed by atoms with Gasteiger partial charge in [-0.25, -0.2) is 4.79 Å². The van der Waals surface area contributed by atoms with E-state index >= 15 is 0 Å². The van der Waals surface area contributed by atoms with Crippen LogP contribution in [0.3, 0.4) is 0 Å². The molecule has 4 saturated heterocycles. The average Bonchev–Trinajstić information content (AvgIpc) is 3.54. The number of amides is 1. The van der Waals surface area contributed by atoms with E-state index < -0.39 is 12.1 Å². The molecule has 4 heterocycles. The molecular formula is C23H29NO10S2. The van der Waals surface area contributed by atoms with Crippen LogP contribution in [0.2, 0.25) is 0 Å². The molecule has 0 spiro atoms. The molecule has 2 unspecified atom stereocenters. The highest BCUT2D eigenvalue weighted by atomic mass is 32.2. The maximum Gasteiger partial charge on any atom is 0.341 e. The first kappa shape index (κ1) is 31.2. The Morgan fingerprint density at radius 2 is 1.50 bits per heavy atom. The fourth-order valence-electron chi connectivity index (χ4n) is 2.98. The maximum atomic E-state index is 10.8. The molecule has 4 rings (SSSR count). The van der Waals surface area contributed by atoms with E-state index in [2.05, 4.69) is 9.57 Å². The van der Waals surface area contributed by atoms with Crippen molar-refractivity contribution >= 4 is 68.9 Å². The highest BCUT2D eigenvalue weighted by molar-refractivity contribution is 8.18. The fourth-order valence-corrected chi connectivity index (χ4v) is 4.66. The molecule has 4 aliphatic heterocycles. The summed E-state index contributed by atoms with van der Waals surface area (Å²) in [4.78, 5) is 89.6. The van der Waals surface area contributed by atoms with Gasteiger partial charge in [-0.05, 0) is 38.5 Å². The van der Waals surface area contributed by atoms with E-state index in [1.807, 2.05) is 13.8 Å². The van der Waals surface area contributed by atoms with Gasteiger partial charge in [0, 0.05) is 0 Å². The lowest BCUT2D eigenvalue weighted by Crippen LogP contribution is -2.22. The van der Waals surface area contributed by atoms with Gasteiger partial charge in [0.05, 0.1) is 29.5 Å². The van der Waals surface area contributed by atoms with Crippen LogP contribution in [0.1, 0.15) is 66.2 Å². The van der Waals surface area contributed by atoms with Gasteiger partial charge in [-0.3, -0.25) is 33.6 Å². The number of carbonyl (C=O) groups excluding carboxylic acids is 8. The lowest BCUT2D eigenvalue weighted by Gasteiger charge is -2.07. The van der Waals surface area contributed by atoms with Crippen molar-refractivity contribution in [2.45, 2.75) is 77.6 Å². The van der Waals surface area contributed by atoms with Crippen molar-refractivity contribution in [3.8, 4) is 0 Å². The van der Waals surface area contributed by atoms with Gasteiger partial charge in [0.2, 0.25) is 5.12 Å². The Labute approximate surface area is 217 Å². The molecule has 1 amide bonds. The molecule has 13 heteroatoms. The molecule has 11 nitrogen and oxygen atoms in total. The van der Waals surface area contributed by atoms with E-state index in [0.717, 1.165) is 23.2 Å². The zero-order chi connectivity index (χ0) is 27.4. The predicted octanol–water partition coefficient (Wildman–Crippen LogP) is 2.10. The van der Waals surface area contributed by atoms with E-state index in [0.29, 0.717) is 17.9 Å². The lowest BCUT2D eigenvalue weighted by atomic mass is 10.2. The van der Waals surface area contributed by atoms with Crippen molar-refractivity contribution in [3.63, 3.8) is 0 Å². The third-order valence-corrected chi connectivity index (χ3v) is 7.13. The van der Waals surface area contributed by atoms with E-state index in [-0.39, 0.29) is 70.4 Å². The molecule has 0 bridgehead atoms. The number of esters is 1. The van der Waals surface area contributed by atoms with Crippen molar-refractivity contribution in [1.29, 1.82) is 0 Å². The Kier molecular flexibility index (Phi) is 13.3. The van der Waals surface area contributed by atoms with E-state index in [4.69, 9.17) is 0 Å². The second-order valence-corrected chi connectivity index (χ2v) is 9.87. The SMILES string of the molecule is C/C=C1\SC(=O)CC1=O.CCC1OC(=O)CC1=O.CCC1SC(=O)CC1=O.CCN1OC(=O)CC1=O. The molecule has 0 aliphatic carbocycles. The normalized spacial score (nSPS) is 24.1. The number of Topliss-reactive ketones (excluding diaryl/α,β-unsaturated/α-hetero) is 3. The number of cyclic esters (lactones) is 1. The Morgan fingerprint density at radius 3 is 1.72 bits per heavy atom. The van der Waals surface area contributed by atoms with Crippen LogP contribution in [0.5, 0.6) is 0 Å².